The first-order chi connectivity index (χ1) is 4.35. The molecule has 0 heterocycles. The quantitative estimate of drug-likeness (QED) is 0.447. The predicted octanol–water partition coefficient (Wildman–Crippen LogP) is -0.516. The van der Waals surface area contributed by atoms with E-state index in [1.54, 1.807) is 0 Å². The van der Waals surface area contributed by atoms with E-state index in [4.69, 9.17) is 0 Å². The molecule has 0 fully saturated rings. The van der Waals surface area contributed by atoms with Gasteiger partial charge in [-0.2, -0.15) is 0 Å². The van der Waals surface area contributed by atoms with Gasteiger partial charge in [-0.1, -0.05) is 0 Å². The van der Waals surface area contributed by atoms with Crippen molar-refractivity contribution in [1.29, 1.82) is 0 Å². The molecule has 0 rings (SSSR count). The normalized spacial score (nSPS) is 11.1. The molecule has 0 saturated heterocycles. The zero-order valence-corrected chi connectivity index (χ0v) is 6.23. The second-order valence-corrected chi connectivity index (χ2v) is 1.70. The van der Waals surface area contributed by atoms with E-state index >= 15 is 0 Å². The number of nitrogens with one attached hydrogen (secondary N) is 3. The third kappa shape index (κ3) is 4.00. The van der Waals surface area contributed by atoms with Gasteiger partial charge in [-0.15, -0.1) is 0 Å². The van der Waals surface area contributed by atoms with Gasteiger partial charge in [-0.3, -0.25) is 0 Å². The minimum Gasteiger partial charge on any atom is -0.394 e. The molecule has 54 valence electrons. The molecule has 0 saturated carbocycles. The highest BCUT2D eigenvalue weighted by atomic mass is 15.1. The van der Waals surface area contributed by atoms with Crippen molar-refractivity contribution in [3.05, 3.63) is 12.3 Å². The van der Waals surface area contributed by atoms with Crippen molar-refractivity contribution in [2.24, 2.45) is 0 Å². The lowest BCUT2D eigenvalue weighted by Gasteiger charge is -2.08. The molecule has 0 unspecified atom stereocenters. The monoisotopic (exact) mass is 129 g/mol. The van der Waals surface area contributed by atoms with Crippen LogP contribution in [0.5, 0.6) is 0 Å². The summed E-state index contributed by atoms with van der Waals surface area (Å²) in [7, 11) is 5.68. The summed E-state index contributed by atoms with van der Waals surface area (Å²) in [6.45, 7) is 0. The highest BCUT2D eigenvalue weighted by Crippen LogP contribution is 1.74. The van der Waals surface area contributed by atoms with Gasteiger partial charge >= 0.3 is 0 Å². The molecule has 3 heteroatoms. The van der Waals surface area contributed by atoms with E-state index < -0.39 is 0 Å². The lowest BCUT2D eigenvalue weighted by molar-refractivity contribution is 0.585. The fourth-order valence-corrected chi connectivity index (χ4v) is 0.529. The van der Waals surface area contributed by atoms with E-state index in [0.29, 0.717) is 0 Å². The summed E-state index contributed by atoms with van der Waals surface area (Å²) < 4.78 is 0. The van der Waals surface area contributed by atoms with Crippen molar-refractivity contribution in [2.45, 2.75) is 6.17 Å². The minimum absolute atomic E-state index is 0.262. The summed E-state index contributed by atoms with van der Waals surface area (Å²) in [5, 5.41) is 9.00. The fraction of sp³-hybridized carbons (Fsp3) is 0.667. The van der Waals surface area contributed by atoms with Crippen LogP contribution < -0.4 is 16.0 Å². The fourth-order valence-electron chi connectivity index (χ4n) is 0.529. The SMILES string of the molecule is CNC=CC(NC)NC. The largest absolute Gasteiger partial charge is 0.394 e. The summed E-state index contributed by atoms with van der Waals surface area (Å²) >= 11 is 0. The van der Waals surface area contributed by atoms with Crippen molar-refractivity contribution < 1.29 is 0 Å². The van der Waals surface area contributed by atoms with Crippen molar-refractivity contribution in [3.8, 4) is 0 Å². The van der Waals surface area contributed by atoms with E-state index in [1.807, 2.05) is 33.4 Å². The maximum atomic E-state index is 3.05. The van der Waals surface area contributed by atoms with Gasteiger partial charge in [0.2, 0.25) is 0 Å². The van der Waals surface area contributed by atoms with Crippen LogP contribution >= 0.6 is 0 Å². The first kappa shape index (κ1) is 8.46. The lowest BCUT2D eigenvalue weighted by Crippen LogP contribution is -2.35. The van der Waals surface area contributed by atoms with Crippen LogP contribution in [0.4, 0.5) is 0 Å². The second-order valence-electron chi connectivity index (χ2n) is 1.70. The Kier molecular flexibility index (Phi) is 5.26. The highest BCUT2D eigenvalue weighted by Gasteiger charge is 1.91. The zero-order chi connectivity index (χ0) is 7.11. The van der Waals surface area contributed by atoms with Crippen LogP contribution in [-0.4, -0.2) is 27.3 Å². The molecule has 0 aliphatic rings. The third-order valence-electron chi connectivity index (χ3n) is 1.08. The van der Waals surface area contributed by atoms with E-state index in [-0.39, 0.29) is 6.17 Å². The van der Waals surface area contributed by atoms with Crippen LogP contribution in [0.25, 0.3) is 0 Å². The lowest BCUT2D eigenvalue weighted by atomic mass is 10.5. The minimum atomic E-state index is 0.262. The molecule has 9 heavy (non-hydrogen) atoms. The summed E-state index contributed by atoms with van der Waals surface area (Å²) in [6, 6.07) is 0. The molecule has 0 amide bonds. The third-order valence-corrected chi connectivity index (χ3v) is 1.08. The predicted molar refractivity (Wildman–Crippen MR) is 40.1 cm³/mol. The number of hydrogen-bond acceptors (Lipinski definition) is 3. The van der Waals surface area contributed by atoms with Gasteiger partial charge in [0.15, 0.2) is 0 Å². The van der Waals surface area contributed by atoms with E-state index in [9.17, 15) is 0 Å². The van der Waals surface area contributed by atoms with Crippen LogP contribution in [0, 0.1) is 0 Å². The molecule has 0 aliphatic carbocycles. The van der Waals surface area contributed by atoms with Crippen LogP contribution in [0.3, 0.4) is 0 Å². The average molecular weight is 129 g/mol. The molecule has 3 N–H and O–H groups in total. The summed E-state index contributed by atoms with van der Waals surface area (Å²) in [4.78, 5) is 0. The first-order valence-corrected chi connectivity index (χ1v) is 3.03. The summed E-state index contributed by atoms with van der Waals surface area (Å²) in [5.41, 5.74) is 0. The molecular formula is C6H15N3. The number of likely N-dealkylation sites (N-methyl/N-ethyl adjacent to an activating group) is 2. The standard InChI is InChI=1S/C6H15N3/c1-7-5-4-6(8-2)9-3/h4-9H,1-3H3. The Morgan fingerprint density at radius 2 is 1.67 bits per heavy atom. The van der Waals surface area contributed by atoms with Crippen LogP contribution in [0.15, 0.2) is 12.3 Å². The summed E-state index contributed by atoms with van der Waals surface area (Å²) in [5.74, 6) is 0. The molecule has 0 bridgehead atoms. The van der Waals surface area contributed by atoms with E-state index in [2.05, 4.69) is 16.0 Å². The Labute approximate surface area is 56.5 Å². The maximum absolute atomic E-state index is 3.05. The van der Waals surface area contributed by atoms with Crippen molar-refractivity contribution in [1.82, 2.24) is 16.0 Å². The Hall–Kier alpha value is -0.540. The molecule has 0 aromatic carbocycles. The first-order valence-electron chi connectivity index (χ1n) is 3.03. The Morgan fingerprint density at radius 3 is 2.00 bits per heavy atom. The van der Waals surface area contributed by atoms with E-state index in [0.717, 1.165) is 0 Å². The molecule has 0 spiro atoms. The number of hydrogen-bond donors (Lipinski definition) is 3. The van der Waals surface area contributed by atoms with Crippen LogP contribution in [-0.2, 0) is 0 Å². The van der Waals surface area contributed by atoms with Crippen molar-refractivity contribution in [3.63, 3.8) is 0 Å². The Morgan fingerprint density at radius 1 is 1.11 bits per heavy atom. The van der Waals surface area contributed by atoms with Gasteiger partial charge in [0, 0.05) is 7.05 Å². The smallest absolute Gasteiger partial charge is 0.0776 e. The van der Waals surface area contributed by atoms with Gasteiger partial charge in [0.1, 0.15) is 0 Å². The summed E-state index contributed by atoms with van der Waals surface area (Å²) in [6.07, 6.45) is 4.15. The molecule has 0 radical (unpaired) electrons. The van der Waals surface area contributed by atoms with Gasteiger partial charge in [0.05, 0.1) is 6.17 Å². The molecule has 0 aromatic heterocycles. The molecular weight excluding hydrogens is 114 g/mol. The Balaban J connectivity index is 3.41. The molecule has 3 nitrogen and oxygen atoms in total. The van der Waals surface area contributed by atoms with Crippen LogP contribution in [0.1, 0.15) is 0 Å². The van der Waals surface area contributed by atoms with Crippen molar-refractivity contribution in [2.75, 3.05) is 21.1 Å². The topological polar surface area (TPSA) is 36.1 Å². The number of rotatable bonds is 4. The van der Waals surface area contributed by atoms with Crippen molar-refractivity contribution >= 4 is 0 Å². The zero-order valence-electron chi connectivity index (χ0n) is 6.23. The molecule has 0 aliphatic heterocycles. The second kappa shape index (κ2) is 5.59. The van der Waals surface area contributed by atoms with Gasteiger partial charge < -0.3 is 16.0 Å². The molecule has 0 aromatic rings. The van der Waals surface area contributed by atoms with Crippen LogP contribution in [0.2, 0.25) is 0 Å². The molecule has 0 atom stereocenters. The van der Waals surface area contributed by atoms with Gasteiger partial charge in [0.25, 0.3) is 0 Å². The highest BCUT2D eigenvalue weighted by molar-refractivity contribution is 4.87. The maximum Gasteiger partial charge on any atom is 0.0776 e. The average Bonchev–Trinajstić information content (AvgIpc) is 1.91. The van der Waals surface area contributed by atoms with Gasteiger partial charge in [-0.25, -0.2) is 0 Å². The Bertz CT molecular complexity index is 76.4. The van der Waals surface area contributed by atoms with E-state index in [1.165, 1.54) is 0 Å². The van der Waals surface area contributed by atoms with Gasteiger partial charge in [-0.05, 0) is 26.4 Å².